The van der Waals surface area contributed by atoms with E-state index in [2.05, 4.69) is 27.7 Å². The molecule has 3 heteroatoms. The molecule has 0 spiro atoms. The molecule has 0 amide bonds. The van der Waals surface area contributed by atoms with Crippen molar-refractivity contribution in [1.29, 1.82) is 0 Å². The number of halogens is 1. The summed E-state index contributed by atoms with van der Waals surface area (Å²) in [5.74, 6) is 1.09. The van der Waals surface area contributed by atoms with E-state index in [9.17, 15) is 9.59 Å². The zero-order valence-corrected chi connectivity index (χ0v) is 14.2. The normalized spacial score (nSPS) is 11.2. The van der Waals surface area contributed by atoms with Crippen LogP contribution in [0.5, 0.6) is 0 Å². The minimum Gasteiger partial charge on any atom is -0.294 e. The van der Waals surface area contributed by atoms with Crippen LogP contribution in [-0.4, -0.2) is 11.6 Å². The minimum absolute atomic E-state index is 0.0594. The molecule has 0 unspecified atom stereocenters. The highest BCUT2D eigenvalue weighted by Gasteiger charge is 2.13. The second kappa shape index (κ2) is 8.33. The van der Waals surface area contributed by atoms with Crippen LogP contribution in [0.4, 0.5) is 0 Å². The Labute approximate surface area is 132 Å². The summed E-state index contributed by atoms with van der Waals surface area (Å²) >= 11 is 6.06. The molecule has 0 bridgehead atoms. The van der Waals surface area contributed by atoms with E-state index in [-0.39, 0.29) is 11.6 Å². The van der Waals surface area contributed by atoms with E-state index in [4.69, 9.17) is 11.6 Å². The van der Waals surface area contributed by atoms with E-state index in [0.717, 1.165) is 12.8 Å². The van der Waals surface area contributed by atoms with Crippen LogP contribution in [0.15, 0.2) is 18.2 Å². The van der Waals surface area contributed by atoms with Crippen LogP contribution in [0.1, 0.15) is 74.1 Å². The number of Topliss-reactive ketones (excluding diaryl/α,β-unsaturated/α-hetero) is 2. The molecule has 1 rings (SSSR count). The third kappa shape index (κ3) is 6.43. The predicted octanol–water partition coefficient (Wildman–Crippen LogP) is 5.58. The highest BCUT2D eigenvalue weighted by molar-refractivity contribution is 6.31. The molecule has 0 saturated heterocycles. The molecule has 21 heavy (non-hydrogen) atoms. The lowest BCUT2D eigenvalue weighted by atomic mass is 9.97. The number of ketones is 2. The maximum atomic E-state index is 12.2. The number of carbonyl (C=O) groups is 2. The van der Waals surface area contributed by atoms with Crippen molar-refractivity contribution in [2.24, 2.45) is 11.8 Å². The smallest absolute Gasteiger partial charge is 0.162 e. The molecule has 0 atom stereocenters. The van der Waals surface area contributed by atoms with Crippen molar-refractivity contribution < 1.29 is 9.59 Å². The molecule has 1 aromatic carbocycles. The second-order valence-electron chi connectivity index (χ2n) is 6.44. The zero-order chi connectivity index (χ0) is 16.0. The molecular formula is C18H25ClO2. The summed E-state index contributed by atoms with van der Waals surface area (Å²) in [7, 11) is 0. The molecule has 0 aliphatic carbocycles. The first-order chi connectivity index (χ1) is 9.79. The summed E-state index contributed by atoms with van der Waals surface area (Å²) in [6, 6.07) is 5.00. The largest absolute Gasteiger partial charge is 0.294 e. The zero-order valence-electron chi connectivity index (χ0n) is 13.4. The van der Waals surface area contributed by atoms with Gasteiger partial charge in [-0.2, -0.15) is 0 Å². The second-order valence-corrected chi connectivity index (χ2v) is 6.88. The predicted molar refractivity (Wildman–Crippen MR) is 88.3 cm³/mol. The van der Waals surface area contributed by atoms with Gasteiger partial charge in [0.25, 0.3) is 0 Å². The third-order valence-corrected chi connectivity index (χ3v) is 3.66. The average molecular weight is 309 g/mol. The first kappa shape index (κ1) is 17.9. The Morgan fingerprint density at radius 3 is 1.57 bits per heavy atom. The molecule has 0 fully saturated rings. The van der Waals surface area contributed by atoms with Crippen LogP contribution in [-0.2, 0) is 0 Å². The van der Waals surface area contributed by atoms with E-state index < -0.39 is 0 Å². The lowest BCUT2D eigenvalue weighted by molar-refractivity contribution is 0.0975. The van der Waals surface area contributed by atoms with Crippen molar-refractivity contribution in [2.75, 3.05) is 0 Å². The number of rotatable bonds is 8. The van der Waals surface area contributed by atoms with E-state index in [1.807, 2.05) is 0 Å². The van der Waals surface area contributed by atoms with Gasteiger partial charge in [-0.25, -0.2) is 0 Å². The maximum Gasteiger partial charge on any atom is 0.162 e. The van der Waals surface area contributed by atoms with Gasteiger partial charge in [-0.1, -0.05) is 39.3 Å². The van der Waals surface area contributed by atoms with Crippen molar-refractivity contribution in [1.82, 2.24) is 0 Å². The summed E-state index contributed by atoms with van der Waals surface area (Å²) < 4.78 is 0. The fourth-order valence-corrected chi connectivity index (χ4v) is 2.27. The van der Waals surface area contributed by atoms with Crippen molar-refractivity contribution in [3.05, 3.63) is 34.3 Å². The number of benzene rings is 1. The van der Waals surface area contributed by atoms with Crippen LogP contribution in [0.25, 0.3) is 0 Å². The van der Waals surface area contributed by atoms with E-state index in [0.29, 0.717) is 40.8 Å². The molecule has 0 N–H and O–H groups in total. The van der Waals surface area contributed by atoms with Crippen LogP contribution < -0.4 is 0 Å². The molecule has 0 aromatic heterocycles. The Hall–Kier alpha value is -1.15. The van der Waals surface area contributed by atoms with Gasteiger partial charge in [-0.3, -0.25) is 9.59 Å². The highest BCUT2D eigenvalue weighted by Crippen LogP contribution is 2.20. The molecule has 0 radical (unpaired) electrons. The lowest BCUT2D eigenvalue weighted by Crippen LogP contribution is -2.06. The van der Waals surface area contributed by atoms with Crippen LogP contribution in [0, 0.1) is 11.8 Å². The van der Waals surface area contributed by atoms with Crippen LogP contribution in [0.3, 0.4) is 0 Å². The summed E-state index contributed by atoms with van der Waals surface area (Å²) in [5, 5.41) is 0.457. The topological polar surface area (TPSA) is 34.1 Å². The Kier molecular flexibility index (Phi) is 7.10. The molecule has 2 nitrogen and oxygen atoms in total. The summed E-state index contributed by atoms with van der Waals surface area (Å²) in [4.78, 5) is 24.3. The van der Waals surface area contributed by atoms with Crippen molar-refractivity contribution in [3.63, 3.8) is 0 Å². The van der Waals surface area contributed by atoms with E-state index in [1.165, 1.54) is 0 Å². The monoisotopic (exact) mass is 308 g/mol. The van der Waals surface area contributed by atoms with Crippen molar-refractivity contribution >= 4 is 23.2 Å². The van der Waals surface area contributed by atoms with Gasteiger partial charge >= 0.3 is 0 Å². The number of hydrogen-bond donors (Lipinski definition) is 0. The number of carbonyl (C=O) groups excluding carboxylic acids is 2. The molecule has 0 saturated carbocycles. The molecule has 0 heterocycles. The summed E-state index contributed by atoms with van der Waals surface area (Å²) in [6.07, 6.45) is 2.69. The minimum atomic E-state index is 0.0594. The van der Waals surface area contributed by atoms with Gasteiger partial charge in [-0.05, 0) is 42.9 Å². The molecule has 116 valence electrons. The fraction of sp³-hybridized carbons (Fsp3) is 0.556. The van der Waals surface area contributed by atoms with Gasteiger partial charge in [0, 0.05) is 29.0 Å². The van der Waals surface area contributed by atoms with Crippen LogP contribution in [0.2, 0.25) is 5.02 Å². The average Bonchev–Trinajstić information content (AvgIpc) is 2.41. The Morgan fingerprint density at radius 1 is 0.857 bits per heavy atom. The van der Waals surface area contributed by atoms with E-state index >= 15 is 0 Å². The van der Waals surface area contributed by atoms with E-state index in [1.54, 1.807) is 18.2 Å². The van der Waals surface area contributed by atoms with Gasteiger partial charge in [0.05, 0.1) is 0 Å². The lowest BCUT2D eigenvalue weighted by Gasteiger charge is -2.08. The molecule has 1 aromatic rings. The van der Waals surface area contributed by atoms with Gasteiger partial charge < -0.3 is 0 Å². The SMILES string of the molecule is CC(C)CCC(=O)c1cc(Cl)cc(C(=O)CCC(C)C)c1. The molecule has 0 aliphatic heterocycles. The highest BCUT2D eigenvalue weighted by atomic mass is 35.5. The number of hydrogen-bond acceptors (Lipinski definition) is 2. The van der Waals surface area contributed by atoms with Crippen molar-refractivity contribution in [2.45, 2.75) is 53.4 Å². The van der Waals surface area contributed by atoms with Gasteiger partial charge in [-0.15, -0.1) is 0 Å². The molecular weight excluding hydrogens is 284 g/mol. The third-order valence-electron chi connectivity index (χ3n) is 3.44. The first-order valence-electron chi connectivity index (χ1n) is 7.66. The molecule has 0 aliphatic rings. The van der Waals surface area contributed by atoms with Gasteiger partial charge in [0.2, 0.25) is 0 Å². The first-order valence-corrected chi connectivity index (χ1v) is 8.04. The summed E-state index contributed by atoms with van der Waals surface area (Å²) in [5.41, 5.74) is 1.10. The maximum absolute atomic E-state index is 12.2. The Morgan fingerprint density at radius 2 is 1.24 bits per heavy atom. The Balaban J connectivity index is 2.84. The van der Waals surface area contributed by atoms with Crippen LogP contribution >= 0.6 is 11.6 Å². The summed E-state index contributed by atoms with van der Waals surface area (Å²) in [6.45, 7) is 8.36. The fourth-order valence-electron chi connectivity index (χ4n) is 2.04. The van der Waals surface area contributed by atoms with Crippen molar-refractivity contribution in [3.8, 4) is 0 Å². The Bertz CT molecular complexity index is 462. The van der Waals surface area contributed by atoms with Gasteiger partial charge in [0.1, 0.15) is 0 Å². The standard InChI is InChI=1S/C18H25ClO2/c1-12(2)5-7-17(20)14-9-15(11-16(19)10-14)18(21)8-6-13(3)4/h9-13H,5-8H2,1-4H3. The quantitative estimate of drug-likeness (QED) is 0.588. The van der Waals surface area contributed by atoms with Gasteiger partial charge in [0.15, 0.2) is 11.6 Å².